The van der Waals surface area contributed by atoms with Crippen LogP contribution in [0.4, 0.5) is 0 Å². The molecule has 1 aliphatic heterocycles. The van der Waals surface area contributed by atoms with Gasteiger partial charge < -0.3 is 19.3 Å². The second-order valence-electron chi connectivity index (χ2n) is 7.54. The Hall–Kier alpha value is -2.39. The lowest BCUT2D eigenvalue weighted by Gasteiger charge is -2.16. The zero-order chi connectivity index (χ0) is 23.0. The molecule has 170 valence electrons. The maximum atomic E-state index is 11.1. The van der Waals surface area contributed by atoms with E-state index >= 15 is 0 Å². The van der Waals surface area contributed by atoms with Crippen LogP contribution in [-0.2, 0) is 19.0 Å². The van der Waals surface area contributed by atoms with Crippen molar-refractivity contribution in [2.45, 2.75) is 77.0 Å². The minimum absolute atomic E-state index is 0.0914. The smallest absolute Gasteiger partial charge is 0.305 e. The number of aliphatic hydroxyl groups excluding tert-OH is 1. The lowest BCUT2D eigenvalue weighted by atomic mass is 10.1. The first kappa shape index (κ1) is 26.6. The zero-order valence-corrected chi connectivity index (χ0v) is 19.1. The lowest BCUT2D eigenvalue weighted by molar-refractivity contribution is -0.142. The van der Waals surface area contributed by atoms with Gasteiger partial charge in [0.1, 0.15) is 6.10 Å². The standard InChI is InChI=1S/C26H36O5/c1-5-6-12-17-22(27)18-13-9-7-8-10-14-19-23-24(31-26(2,3)30-23)20-15-11-16-21-25(28)29-4/h6,8,10-15,18-19,22-24,27H,5,16-17,20-21H2,1-4H3/b10-8+,12-6-,15-11-,18-13+,19-14+/t22-,23-,24+/m1/s1. The average Bonchev–Trinajstić information content (AvgIpc) is 3.03. The molecule has 1 fully saturated rings. The molecule has 3 atom stereocenters. The van der Waals surface area contributed by atoms with Crippen molar-refractivity contribution in [2.24, 2.45) is 0 Å². The van der Waals surface area contributed by atoms with Crippen LogP contribution in [0.5, 0.6) is 0 Å². The molecule has 0 bridgehead atoms. The number of allylic oxidation sites excluding steroid dienone is 6. The van der Waals surface area contributed by atoms with E-state index in [0.29, 0.717) is 25.7 Å². The lowest BCUT2D eigenvalue weighted by Crippen LogP contribution is -2.21. The Labute approximate surface area is 187 Å². The van der Waals surface area contributed by atoms with Crippen LogP contribution in [0.2, 0.25) is 0 Å². The fourth-order valence-electron chi connectivity index (χ4n) is 2.87. The minimum atomic E-state index is -0.638. The number of carbonyl (C=O) groups excluding carboxylic acids is 1. The summed E-state index contributed by atoms with van der Waals surface area (Å²) < 4.78 is 16.6. The molecule has 0 spiro atoms. The van der Waals surface area contributed by atoms with Gasteiger partial charge in [0.15, 0.2) is 5.79 Å². The highest BCUT2D eigenvalue weighted by Gasteiger charge is 2.38. The number of hydrogen-bond acceptors (Lipinski definition) is 5. The molecule has 1 rings (SSSR count). The van der Waals surface area contributed by atoms with Gasteiger partial charge in [-0.15, -0.1) is 0 Å². The number of ether oxygens (including phenoxy) is 3. The van der Waals surface area contributed by atoms with Gasteiger partial charge in [-0.25, -0.2) is 0 Å². The van der Waals surface area contributed by atoms with E-state index in [1.165, 1.54) is 7.11 Å². The zero-order valence-electron chi connectivity index (χ0n) is 19.1. The molecular formula is C26H36O5. The van der Waals surface area contributed by atoms with Crippen molar-refractivity contribution >= 4 is 5.97 Å². The predicted octanol–water partition coefficient (Wildman–Crippen LogP) is 4.80. The van der Waals surface area contributed by atoms with Gasteiger partial charge in [0.2, 0.25) is 0 Å². The molecule has 0 aliphatic carbocycles. The number of methoxy groups -OCH3 is 1. The van der Waals surface area contributed by atoms with Gasteiger partial charge in [-0.1, -0.05) is 61.3 Å². The molecule has 1 aliphatic rings. The number of aliphatic hydroxyl groups is 1. The SMILES string of the molecule is CC/C=C\C[C@@H](O)/C=C/C#C/C=C/C=C/[C@H]1OC(C)(C)O[C@H]1C/C=C\CCC(=O)OC. The highest BCUT2D eigenvalue weighted by molar-refractivity contribution is 5.69. The van der Waals surface area contributed by atoms with Gasteiger partial charge in [-0.3, -0.25) is 4.79 Å². The Morgan fingerprint density at radius 3 is 2.65 bits per heavy atom. The van der Waals surface area contributed by atoms with E-state index in [9.17, 15) is 9.90 Å². The van der Waals surface area contributed by atoms with Crippen LogP contribution in [0.3, 0.4) is 0 Å². The van der Waals surface area contributed by atoms with Crippen molar-refractivity contribution in [2.75, 3.05) is 7.11 Å². The van der Waals surface area contributed by atoms with Crippen molar-refractivity contribution in [3.63, 3.8) is 0 Å². The fraction of sp³-hybridized carbons (Fsp3) is 0.500. The second kappa shape index (κ2) is 15.4. The second-order valence-corrected chi connectivity index (χ2v) is 7.54. The first-order chi connectivity index (χ1) is 14.9. The van der Waals surface area contributed by atoms with Gasteiger partial charge in [0, 0.05) is 6.42 Å². The Kier molecular flexibility index (Phi) is 13.3. The van der Waals surface area contributed by atoms with Crippen molar-refractivity contribution in [1.82, 2.24) is 0 Å². The molecule has 0 saturated carbocycles. The van der Waals surface area contributed by atoms with E-state index in [1.807, 2.05) is 56.4 Å². The third-order valence-corrected chi connectivity index (χ3v) is 4.36. The molecule has 31 heavy (non-hydrogen) atoms. The summed E-state index contributed by atoms with van der Waals surface area (Å²) in [5.41, 5.74) is 0. The Bertz CT molecular complexity index is 731. The Morgan fingerprint density at radius 1 is 1.13 bits per heavy atom. The molecule has 5 nitrogen and oxygen atoms in total. The van der Waals surface area contributed by atoms with Gasteiger partial charge in [0.05, 0.1) is 19.3 Å². The summed E-state index contributed by atoms with van der Waals surface area (Å²) in [6, 6.07) is 0. The van der Waals surface area contributed by atoms with Crippen molar-refractivity contribution < 1.29 is 24.1 Å². The monoisotopic (exact) mass is 428 g/mol. The quantitative estimate of drug-likeness (QED) is 0.222. The molecule has 0 aromatic carbocycles. The van der Waals surface area contributed by atoms with Crippen LogP contribution in [0.25, 0.3) is 0 Å². The first-order valence-corrected chi connectivity index (χ1v) is 10.8. The summed E-state index contributed by atoms with van der Waals surface area (Å²) in [4.78, 5) is 11.1. The highest BCUT2D eigenvalue weighted by atomic mass is 16.7. The molecule has 1 saturated heterocycles. The molecule has 0 aromatic rings. The van der Waals surface area contributed by atoms with Crippen LogP contribution in [0.1, 0.15) is 52.9 Å². The minimum Gasteiger partial charge on any atom is -0.469 e. The normalized spacial score (nSPS) is 22.1. The maximum Gasteiger partial charge on any atom is 0.305 e. The maximum absolute atomic E-state index is 11.1. The van der Waals surface area contributed by atoms with E-state index in [2.05, 4.69) is 23.5 Å². The van der Waals surface area contributed by atoms with Crippen LogP contribution < -0.4 is 0 Å². The van der Waals surface area contributed by atoms with Crippen LogP contribution in [0.15, 0.2) is 60.8 Å². The summed E-state index contributed by atoms with van der Waals surface area (Å²) >= 11 is 0. The van der Waals surface area contributed by atoms with E-state index < -0.39 is 11.9 Å². The van der Waals surface area contributed by atoms with Gasteiger partial charge in [-0.05, 0) is 57.8 Å². The molecule has 1 heterocycles. The first-order valence-electron chi connectivity index (χ1n) is 10.8. The van der Waals surface area contributed by atoms with E-state index in [-0.39, 0.29) is 18.2 Å². The molecule has 0 unspecified atom stereocenters. The van der Waals surface area contributed by atoms with Crippen molar-refractivity contribution in [3.05, 3.63) is 60.8 Å². The van der Waals surface area contributed by atoms with Crippen molar-refractivity contribution in [3.8, 4) is 11.8 Å². The van der Waals surface area contributed by atoms with E-state index in [1.54, 1.807) is 18.2 Å². The predicted molar refractivity (Wildman–Crippen MR) is 124 cm³/mol. The third kappa shape index (κ3) is 12.8. The van der Waals surface area contributed by atoms with Crippen LogP contribution >= 0.6 is 0 Å². The van der Waals surface area contributed by atoms with Gasteiger partial charge in [0.25, 0.3) is 0 Å². The fourth-order valence-corrected chi connectivity index (χ4v) is 2.87. The van der Waals surface area contributed by atoms with Gasteiger partial charge >= 0.3 is 5.97 Å². The van der Waals surface area contributed by atoms with Gasteiger partial charge in [-0.2, -0.15) is 0 Å². The summed E-state index contributed by atoms with van der Waals surface area (Å²) in [6.07, 6.45) is 21.3. The third-order valence-electron chi connectivity index (χ3n) is 4.36. The number of esters is 1. The average molecular weight is 429 g/mol. The van der Waals surface area contributed by atoms with Crippen LogP contribution in [-0.4, -0.2) is 42.3 Å². The summed E-state index contributed by atoms with van der Waals surface area (Å²) in [5, 5.41) is 9.75. The van der Waals surface area contributed by atoms with E-state index in [0.717, 1.165) is 6.42 Å². The topological polar surface area (TPSA) is 65.0 Å². The molecule has 5 heteroatoms. The molecular weight excluding hydrogens is 392 g/mol. The molecule has 1 N–H and O–H groups in total. The summed E-state index contributed by atoms with van der Waals surface area (Å²) in [6.45, 7) is 5.86. The largest absolute Gasteiger partial charge is 0.469 e. The molecule has 0 amide bonds. The summed E-state index contributed by atoms with van der Waals surface area (Å²) in [7, 11) is 1.39. The molecule has 0 radical (unpaired) electrons. The van der Waals surface area contributed by atoms with E-state index in [4.69, 9.17) is 9.47 Å². The Morgan fingerprint density at radius 2 is 1.90 bits per heavy atom. The Balaban J connectivity index is 2.46. The number of carbonyl (C=O) groups is 1. The molecule has 0 aromatic heterocycles. The number of hydrogen-bond donors (Lipinski definition) is 1. The van der Waals surface area contributed by atoms with Crippen molar-refractivity contribution in [1.29, 1.82) is 0 Å². The summed E-state index contributed by atoms with van der Waals surface area (Å²) in [5.74, 6) is 4.93. The number of rotatable bonds is 11. The highest BCUT2D eigenvalue weighted by Crippen LogP contribution is 2.30. The van der Waals surface area contributed by atoms with Crippen LogP contribution in [0, 0.1) is 11.8 Å².